The number of nitrogens with zero attached hydrogens (tertiary/aromatic N) is 1. The molecule has 1 saturated heterocycles. The van der Waals surface area contributed by atoms with Crippen LogP contribution in [0.5, 0.6) is 0 Å². The molecule has 1 fully saturated rings. The van der Waals surface area contributed by atoms with Gasteiger partial charge in [-0.2, -0.15) is 11.8 Å². The van der Waals surface area contributed by atoms with Crippen molar-refractivity contribution in [3.63, 3.8) is 0 Å². The smallest absolute Gasteiger partial charge is 0.305 e. The van der Waals surface area contributed by atoms with Gasteiger partial charge in [-0.15, -0.1) is 0 Å². The number of hydrogen-bond acceptors (Lipinski definition) is 6. The van der Waals surface area contributed by atoms with Crippen LogP contribution in [-0.4, -0.2) is 65.4 Å². The maximum Gasteiger partial charge on any atom is 0.305 e. The van der Waals surface area contributed by atoms with E-state index in [4.69, 9.17) is 4.74 Å². The molecular formula is C27H38N2O5S. The van der Waals surface area contributed by atoms with Crippen LogP contribution in [0, 0.1) is 5.92 Å². The maximum atomic E-state index is 13.3. The van der Waals surface area contributed by atoms with Crippen LogP contribution < -0.4 is 5.32 Å². The molecule has 7 nitrogen and oxygen atoms in total. The molecule has 1 aromatic rings. The predicted molar refractivity (Wildman–Crippen MR) is 138 cm³/mol. The molecule has 0 aliphatic carbocycles. The van der Waals surface area contributed by atoms with Gasteiger partial charge in [-0.05, 0) is 44.1 Å². The van der Waals surface area contributed by atoms with E-state index in [-0.39, 0.29) is 49.5 Å². The van der Waals surface area contributed by atoms with Crippen LogP contribution in [0.15, 0.2) is 42.5 Å². The van der Waals surface area contributed by atoms with Crippen molar-refractivity contribution in [2.24, 2.45) is 5.92 Å². The van der Waals surface area contributed by atoms with E-state index in [1.165, 1.54) is 5.56 Å². The van der Waals surface area contributed by atoms with Gasteiger partial charge in [0.05, 0.1) is 24.6 Å². The van der Waals surface area contributed by atoms with E-state index in [0.717, 1.165) is 37.9 Å². The van der Waals surface area contributed by atoms with Crippen molar-refractivity contribution >= 4 is 29.5 Å². The summed E-state index contributed by atoms with van der Waals surface area (Å²) in [6.45, 7) is 0.707. The lowest BCUT2D eigenvalue weighted by Crippen LogP contribution is -2.45. The SMILES string of the molecule is O=C1CCCCC=CC[C@H](CC(=O)N2CCC[C@H]2CO)C(=O)N[C@@H](CSCc2ccccc2)CO1. The van der Waals surface area contributed by atoms with Gasteiger partial charge in [0.25, 0.3) is 0 Å². The second kappa shape index (κ2) is 14.9. The first-order chi connectivity index (χ1) is 17.1. The molecule has 0 radical (unpaired) electrons. The number of carbonyl (C=O) groups is 3. The highest BCUT2D eigenvalue weighted by Gasteiger charge is 2.31. The average Bonchev–Trinajstić information content (AvgIpc) is 3.35. The third-order valence-electron chi connectivity index (χ3n) is 6.51. The number of hydrogen-bond donors (Lipinski definition) is 2. The molecule has 0 spiro atoms. The molecule has 2 aliphatic rings. The highest BCUT2D eigenvalue weighted by molar-refractivity contribution is 7.98. The molecule has 0 bridgehead atoms. The van der Waals surface area contributed by atoms with Crippen LogP contribution in [0.2, 0.25) is 0 Å². The summed E-state index contributed by atoms with van der Waals surface area (Å²) in [4.78, 5) is 40.2. The quantitative estimate of drug-likeness (QED) is 0.438. The average molecular weight is 503 g/mol. The van der Waals surface area contributed by atoms with Crippen molar-refractivity contribution < 1.29 is 24.2 Å². The van der Waals surface area contributed by atoms with E-state index < -0.39 is 5.92 Å². The third kappa shape index (κ3) is 9.33. The Morgan fingerprint density at radius 3 is 2.77 bits per heavy atom. The van der Waals surface area contributed by atoms with Gasteiger partial charge >= 0.3 is 5.97 Å². The lowest BCUT2D eigenvalue weighted by Gasteiger charge is -2.26. The zero-order valence-corrected chi connectivity index (χ0v) is 21.2. The van der Waals surface area contributed by atoms with E-state index in [2.05, 4.69) is 17.4 Å². The van der Waals surface area contributed by atoms with Gasteiger partial charge in [-0.1, -0.05) is 42.5 Å². The first-order valence-corrected chi connectivity index (χ1v) is 13.8. The van der Waals surface area contributed by atoms with Gasteiger partial charge in [-0.3, -0.25) is 14.4 Å². The van der Waals surface area contributed by atoms with Crippen LogP contribution in [0.3, 0.4) is 0 Å². The Bertz CT molecular complexity index is 847. The second-order valence-corrected chi connectivity index (χ2v) is 10.3. The maximum absolute atomic E-state index is 13.3. The van der Waals surface area contributed by atoms with Crippen molar-refractivity contribution in [2.45, 2.75) is 69.2 Å². The molecule has 2 amide bonds. The Morgan fingerprint density at radius 1 is 1.14 bits per heavy atom. The van der Waals surface area contributed by atoms with Crippen molar-refractivity contribution in [1.29, 1.82) is 0 Å². The number of rotatable bonds is 7. The minimum absolute atomic E-state index is 0.0470. The number of cyclic esters (lactones) is 1. The molecule has 8 heteroatoms. The Balaban J connectivity index is 1.65. The summed E-state index contributed by atoms with van der Waals surface area (Å²) in [5.74, 6) is 0.374. The number of aliphatic hydroxyl groups excluding tert-OH is 1. The number of amides is 2. The molecule has 2 aliphatic heterocycles. The Kier molecular flexibility index (Phi) is 11.6. The minimum Gasteiger partial charge on any atom is -0.463 e. The summed E-state index contributed by atoms with van der Waals surface area (Å²) in [6, 6.07) is 9.61. The van der Waals surface area contributed by atoms with E-state index in [1.807, 2.05) is 30.4 Å². The molecule has 3 atom stereocenters. The fourth-order valence-electron chi connectivity index (χ4n) is 4.48. The fourth-order valence-corrected chi connectivity index (χ4v) is 5.49. The minimum atomic E-state index is -0.501. The summed E-state index contributed by atoms with van der Waals surface area (Å²) < 4.78 is 5.49. The number of nitrogens with one attached hydrogen (secondary N) is 1. The van der Waals surface area contributed by atoms with Crippen LogP contribution in [0.4, 0.5) is 0 Å². The zero-order valence-electron chi connectivity index (χ0n) is 20.4. The largest absolute Gasteiger partial charge is 0.463 e. The number of benzene rings is 1. The van der Waals surface area contributed by atoms with Gasteiger partial charge in [0.15, 0.2) is 0 Å². The van der Waals surface area contributed by atoms with Gasteiger partial charge in [0.1, 0.15) is 6.61 Å². The first-order valence-electron chi connectivity index (χ1n) is 12.7. The predicted octanol–water partition coefficient (Wildman–Crippen LogP) is 3.46. The van der Waals surface area contributed by atoms with Crippen molar-refractivity contribution in [3.8, 4) is 0 Å². The van der Waals surface area contributed by atoms with E-state index in [0.29, 0.717) is 25.1 Å². The number of likely N-dealkylation sites (tertiary alicyclic amines) is 1. The molecule has 192 valence electrons. The van der Waals surface area contributed by atoms with E-state index in [9.17, 15) is 19.5 Å². The number of aliphatic hydroxyl groups is 1. The lowest BCUT2D eigenvalue weighted by molar-refractivity contribution is -0.145. The molecule has 0 unspecified atom stereocenters. The first kappa shape index (κ1) is 27.3. The number of thioether (sulfide) groups is 1. The molecule has 2 heterocycles. The topological polar surface area (TPSA) is 95.9 Å². The summed E-state index contributed by atoms with van der Waals surface area (Å²) in [5.41, 5.74) is 1.19. The normalized spacial score (nSPS) is 24.5. The highest BCUT2D eigenvalue weighted by atomic mass is 32.2. The Labute approximate surface area is 212 Å². The summed E-state index contributed by atoms with van der Waals surface area (Å²) >= 11 is 1.68. The summed E-state index contributed by atoms with van der Waals surface area (Å²) in [6.07, 6.45) is 9.12. The molecule has 1 aromatic carbocycles. The van der Waals surface area contributed by atoms with Crippen molar-refractivity contribution in [1.82, 2.24) is 10.2 Å². The standard InChI is InChI=1S/C27H38N2O5S/c30-17-24-13-9-15-29(24)25(31)16-22-12-7-2-1-3-8-14-26(32)34-18-23(28-27(22)33)20-35-19-21-10-5-4-6-11-21/h2,4-7,10-11,22-24,30H,1,3,8-9,12-20H2,(H,28,33)/t22-,23-,24+/m1/s1. The van der Waals surface area contributed by atoms with E-state index in [1.54, 1.807) is 16.7 Å². The van der Waals surface area contributed by atoms with Gasteiger partial charge in [0.2, 0.25) is 11.8 Å². The molecule has 0 aromatic heterocycles. The molecule has 0 saturated carbocycles. The van der Waals surface area contributed by atoms with Crippen molar-refractivity contribution in [2.75, 3.05) is 25.5 Å². The molecule has 3 rings (SSSR count). The summed E-state index contributed by atoms with van der Waals surface area (Å²) in [7, 11) is 0. The van der Waals surface area contributed by atoms with Crippen LogP contribution in [0.1, 0.15) is 56.9 Å². The Hall–Kier alpha value is -2.32. The summed E-state index contributed by atoms with van der Waals surface area (Å²) in [5, 5.41) is 12.7. The fraction of sp³-hybridized carbons (Fsp3) is 0.593. The van der Waals surface area contributed by atoms with Gasteiger partial charge in [-0.25, -0.2) is 0 Å². The number of allylic oxidation sites excluding steroid dienone is 2. The monoisotopic (exact) mass is 502 g/mol. The van der Waals surface area contributed by atoms with Crippen LogP contribution >= 0.6 is 11.8 Å². The third-order valence-corrected chi connectivity index (χ3v) is 7.69. The Morgan fingerprint density at radius 2 is 1.97 bits per heavy atom. The van der Waals surface area contributed by atoms with Gasteiger partial charge < -0.3 is 20.1 Å². The molecule has 35 heavy (non-hydrogen) atoms. The number of esters is 1. The molecular weight excluding hydrogens is 464 g/mol. The van der Waals surface area contributed by atoms with E-state index >= 15 is 0 Å². The lowest BCUT2D eigenvalue weighted by atomic mass is 9.98. The number of ether oxygens (including phenoxy) is 1. The highest BCUT2D eigenvalue weighted by Crippen LogP contribution is 2.22. The zero-order chi connectivity index (χ0) is 24.9. The molecule has 2 N–H and O–H groups in total. The number of carbonyl (C=O) groups excluding carboxylic acids is 3. The van der Waals surface area contributed by atoms with Crippen LogP contribution in [-0.2, 0) is 24.9 Å². The van der Waals surface area contributed by atoms with Crippen LogP contribution in [0.25, 0.3) is 0 Å². The van der Waals surface area contributed by atoms with Crippen molar-refractivity contribution in [3.05, 3.63) is 48.0 Å². The second-order valence-electron chi connectivity index (χ2n) is 9.31. The van der Waals surface area contributed by atoms with Gasteiger partial charge in [0, 0.05) is 30.9 Å².